The molecule has 0 spiro atoms. The van der Waals surface area contributed by atoms with Crippen LogP contribution in [0.2, 0.25) is 5.02 Å². The number of rotatable bonds is 7. The zero-order valence-electron chi connectivity index (χ0n) is 17.3. The summed E-state index contributed by atoms with van der Waals surface area (Å²) in [5.74, 6) is -0.670. The molecule has 2 amide bonds. The lowest BCUT2D eigenvalue weighted by atomic mass is 10.0. The van der Waals surface area contributed by atoms with Gasteiger partial charge in [-0.05, 0) is 36.8 Å². The standard InChI is InChI=1S/C21H19ClF2N6O2S/c22-13-4-2-1-3-11(13)7-8-29-9-10-30-16(20(29)32)14(12-5-6-12)15(28-30)18(31)25-21-27-26-19(33-21)17(23)24/h1-4,12,17H,5-10H2,(H,25,27,31). The van der Waals surface area contributed by atoms with Gasteiger partial charge in [0.15, 0.2) is 10.7 Å². The van der Waals surface area contributed by atoms with Gasteiger partial charge in [-0.1, -0.05) is 41.1 Å². The Hall–Kier alpha value is -2.92. The molecule has 0 radical (unpaired) electrons. The Labute approximate surface area is 196 Å². The molecule has 0 bridgehead atoms. The number of carbonyl (C=O) groups is 2. The minimum absolute atomic E-state index is 0.0317. The summed E-state index contributed by atoms with van der Waals surface area (Å²) in [6.07, 6.45) is -0.417. The molecule has 3 aromatic rings. The Morgan fingerprint density at radius 3 is 2.73 bits per heavy atom. The van der Waals surface area contributed by atoms with Crippen molar-refractivity contribution in [2.24, 2.45) is 0 Å². The predicted octanol–water partition coefficient (Wildman–Crippen LogP) is 4.15. The molecule has 172 valence electrons. The van der Waals surface area contributed by atoms with E-state index in [2.05, 4.69) is 20.6 Å². The molecule has 5 rings (SSSR count). The molecule has 1 aliphatic heterocycles. The summed E-state index contributed by atoms with van der Waals surface area (Å²) < 4.78 is 27.1. The number of fused-ring (bicyclic) bond motifs is 1. The van der Waals surface area contributed by atoms with Crippen molar-refractivity contribution in [1.82, 2.24) is 24.9 Å². The van der Waals surface area contributed by atoms with Crippen LogP contribution in [0.3, 0.4) is 0 Å². The monoisotopic (exact) mass is 492 g/mol. The highest BCUT2D eigenvalue weighted by molar-refractivity contribution is 7.15. The molecule has 1 saturated carbocycles. The highest BCUT2D eigenvalue weighted by Gasteiger charge is 2.40. The first kappa shape index (κ1) is 21.9. The van der Waals surface area contributed by atoms with Crippen LogP contribution in [0.25, 0.3) is 0 Å². The first-order valence-electron chi connectivity index (χ1n) is 10.5. The van der Waals surface area contributed by atoms with Crippen LogP contribution in [-0.4, -0.2) is 49.8 Å². The number of halogens is 3. The van der Waals surface area contributed by atoms with Gasteiger partial charge in [0.1, 0.15) is 5.69 Å². The van der Waals surface area contributed by atoms with E-state index in [0.29, 0.717) is 53.7 Å². The smallest absolute Gasteiger partial charge is 0.291 e. The Morgan fingerprint density at radius 2 is 2.03 bits per heavy atom. The number of amides is 2. The molecular formula is C21H19ClF2N6O2S. The fraction of sp³-hybridized carbons (Fsp3) is 0.381. The molecule has 2 aromatic heterocycles. The minimum atomic E-state index is -2.76. The van der Waals surface area contributed by atoms with Crippen molar-refractivity contribution in [1.29, 1.82) is 0 Å². The van der Waals surface area contributed by atoms with Crippen molar-refractivity contribution >= 4 is 39.9 Å². The summed E-state index contributed by atoms with van der Waals surface area (Å²) >= 11 is 6.86. The molecule has 8 nitrogen and oxygen atoms in total. The second-order valence-electron chi connectivity index (χ2n) is 7.94. The average molecular weight is 493 g/mol. The van der Waals surface area contributed by atoms with Gasteiger partial charge in [-0.25, -0.2) is 8.78 Å². The van der Waals surface area contributed by atoms with Crippen molar-refractivity contribution in [3.63, 3.8) is 0 Å². The zero-order chi connectivity index (χ0) is 23.1. The second kappa shape index (κ2) is 8.79. The molecule has 0 unspecified atom stereocenters. The molecule has 1 aromatic carbocycles. The van der Waals surface area contributed by atoms with E-state index < -0.39 is 17.3 Å². The normalized spacial score (nSPS) is 15.8. The van der Waals surface area contributed by atoms with Crippen LogP contribution in [0.4, 0.5) is 13.9 Å². The van der Waals surface area contributed by atoms with Gasteiger partial charge in [-0.2, -0.15) is 5.10 Å². The Morgan fingerprint density at radius 1 is 1.24 bits per heavy atom. The van der Waals surface area contributed by atoms with Crippen LogP contribution in [0.5, 0.6) is 0 Å². The average Bonchev–Trinajstić information content (AvgIpc) is 3.38. The van der Waals surface area contributed by atoms with E-state index in [-0.39, 0.29) is 22.7 Å². The highest BCUT2D eigenvalue weighted by Crippen LogP contribution is 2.44. The van der Waals surface area contributed by atoms with Crippen molar-refractivity contribution in [3.8, 4) is 0 Å². The summed E-state index contributed by atoms with van der Waals surface area (Å²) in [6, 6.07) is 7.53. The molecule has 33 heavy (non-hydrogen) atoms. The van der Waals surface area contributed by atoms with Gasteiger partial charge in [0.05, 0.1) is 6.54 Å². The van der Waals surface area contributed by atoms with Crippen LogP contribution in [0, 0.1) is 0 Å². The van der Waals surface area contributed by atoms with Gasteiger partial charge in [-0.15, -0.1) is 10.2 Å². The fourth-order valence-corrected chi connectivity index (χ4v) is 4.78. The van der Waals surface area contributed by atoms with E-state index in [0.717, 1.165) is 18.4 Å². The lowest BCUT2D eigenvalue weighted by Gasteiger charge is -2.28. The maximum absolute atomic E-state index is 13.3. The first-order valence-corrected chi connectivity index (χ1v) is 11.7. The van der Waals surface area contributed by atoms with E-state index in [1.54, 1.807) is 9.58 Å². The van der Waals surface area contributed by atoms with Gasteiger partial charge in [0.25, 0.3) is 18.2 Å². The molecular weight excluding hydrogens is 474 g/mol. The van der Waals surface area contributed by atoms with Crippen molar-refractivity contribution in [3.05, 3.63) is 56.8 Å². The summed E-state index contributed by atoms with van der Waals surface area (Å²) in [7, 11) is 0. The fourth-order valence-electron chi connectivity index (χ4n) is 3.96. The van der Waals surface area contributed by atoms with Crippen LogP contribution >= 0.6 is 22.9 Å². The molecule has 2 aliphatic rings. The first-order chi connectivity index (χ1) is 15.9. The third-order valence-electron chi connectivity index (χ3n) is 5.72. The Kier molecular flexibility index (Phi) is 5.83. The highest BCUT2D eigenvalue weighted by atomic mass is 35.5. The largest absolute Gasteiger partial charge is 0.335 e. The number of aromatic nitrogens is 4. The number of benzene rings is 1. The summed E-state index contributed by atoms with van der Waals surface area (Å²) in [6.45, 7) is 1.43. The number of carbonyl (C=O) groups excluding carboxylic acids is 2. The Balaban J connectivity index is 1.37. The van der Waals surface area contributed by atoms with Gasteiger partial charge < -0.3 is 4.90 Å². The molecule has 0 saturated heterocycles. The molecule has 0 atom stereocenters. The topological polar surface area (TPSA) is 93.0 Å². The molecule has 12 heteroatoms. The van der Waals surface area contributed by atoms with Crippen LogP contribution in [-0.2, 0) is 13.0 Å². The van der Waals surface area contributed by atoms with E-state index in [9.17, 15) is 18.4 Å². The van der Waals surface area contributed by atoms with E-state index in [4.69, 9.17) is 11.6 Å². The van der Waals surface area contributed by atoms with Crippen LogP contribution in [0.1, 0.15) is 62.3 Å². The summed E-state index contributed by atoms with van der Waals surface area (Å²) in [5, 5.41) is 14.1. The minimum Gasteiger partial charge on any atom is -0.335 e. The SMILES string of the molecule is O=C(Nc1nnc(C(F)F)s1)c1nn2c(c1C1CC1)C(=O)N(CCc1ccccc1Cl)CC2. The van der Waals surface area contributed by atoms with Crippen molar-refractivity contribution in [2.45, 2.75) is 38.2 Å². The van der Waals surface area contributed by atoms with Gasteiger partial charge in [-0.3, -0.25) is 19.6 Å². The number of nitrogens with zero attached hydrogens (tertiary/aromatic N) is 5. The van der Waals surface area contributed by atoms with Crippen molar-refractivity contribution in [2.75, 3.05) is 18.4 Å². The quantitative estimate of drug-likeness (QED) is 0.534. The molecule has 1 N–H and O–H groups in total. The number of alkyl halides is 2. The second-order valence-corrected chi connectivity index (χ2v) is 9.36. The van der Waals surface area contributed by atoms with Crippen molar-refractivity contribution < 1.29 is 18.4 Å². The van der Waals surface area contributed by atoms with E-state index >= 15 is 0 Å². The third kappa shape index (κ3) is 4.34. The molecule has 1 aliphatic carbocycles. The Bertz CT molecular complexity index is 1230. The molecule has 1 fully saturated rings. The van der Waals surface area contributed by atoms with E-state index in [1.807, 2.05) is 24.3 Å². The lowest BCUT2D eigenvalue weighted by Crippen LogP contribution is -2.42. The predicted molar refractivity (Wildman–Crippen MR) is 118 cm³/mol. The van der Waals surface area contributed by atoms with Gasteiger partial charge in [0, 0.05) is 23.7 Å². The zero-order valence-corrected chi connectivity index (χ0v) is 18.9. The maximum atomic E-state index is 13.3. The summed E-state index contributed by atoms with van der Waals surface area (Å²) in [4.78, 5) is 28.0. The lowest BCUT2D eigenvalue weighted by molar-refractivity contribution is 0.0698. The maximum Gasteiger partial charge on any atom is 0.291 e. The van der Waals surface area contributed by atoms with Crippen LogP contribution < -0.4 is 5.32 Å². The number of hydrogen-bond donors (Lipinski definition) is 1. The van der Waals surface area contributed by atoms with E-state index in [1.165, 1.54) is 0 Å². The number of anilines is 1. The van der Waals surface area contributed by atoms with Gasteiger partial charge in [0.2, 0.25) is 5.13 Å². The van der Waals surface area contributed by atoms with Gasteiger partial charge >= 0.3 is 0 Å². The summed E-state index contributed by atoms with van der Waals surface area (Å²) in [5.41, 5.74) is 2.16. The molecule has 3 heterocycles. The number of nitrogens with one attached hydrogen (secondary N) is 1. The third-order valence-corrected chi connectivity index (χ3v) is 6.93. The number of hydrogen-bond acceptors (Lipinski definition) is 6. The van der Waals surface area contributed by atoms with Crippen LogP contribution in [0.15, 0.2) is 24.3 Å².